The first-order valence-corrected chi connectivity index (χ1v) is 6.35. The molecule has 0 saturated heterocycles. The van der Waals surface area contributed by atoms with E-state index >= 15 is 0 Å². The SMILES string of the molecule is CCSC/C=C/CCc1ccccc1. The number of hydrogen-bond donors (Lipinski definition) is 0. The number of aryl methyl sites for hydroxylation is 1. The molecule has 0 amide bonds. The number of hydrogen-bond acceptors (Lipinski definition) is 1. The molecule has 0 spiro atoms. The minimum atomic E-state index is 1.16. The first kappa shape index (κ1) is 11.4. The van der Waals surface area contributed by atoms with Crippen LogP contribution in [0, 0.1) is 0 Å². The zero-order chi connectivity index (χ0) is 10.1. The third-order valence-corrected chi connectivity index (χ3v) is 2.86. The molecular formula is C13H18S. The van der Waals surface area contributed by atoms with Gasteiger partial charge in [0.2, 0.25) is 0 Å². The Morgan fingerprint density at radius 3 is 2.64 bits per heavy atom. The van der Waals surface area contributed by atoms with Crippen LogP contribution >= 0.6 is 11.8 Å². The quantitative estimate of drug-likeness (QED) is 0.502. The summed E-state index contributed by atoms with van der Waals surface area (Å²) in [4.78, 5) is 0. The van der Waals surface area contributed by atoms with Crippen LogP contribution in [0.5, 0.6) is 0 Å². The van der Waals surface area contributed by atoms with Gasteiger partial charge in [-0.15, -0.1) is 0 Å². The Hall–Kier alpha value is -0.690. The Morgan fingerprint density at radius 2 is 1.93 bits per heavy atom. The fourth-order valence-electron chi connectivity index (χ4n) is 1.27. The van der Waals surface area contributed by atoms with Gasteiger partial charge in [-0.1, -0.05) is 49.4 Å². The van der Waals surface area contributed by atoms with E-state index in [4.69, 9.17) is 0 Å². The number of thioether (sulfide) groups is 1. The van der Waals surface area contributed by atoms with Crippen molar-refractivity contribution in [2.45, 2.75) is 19.8 Å². The molecule has 0 unspecified atom stereocenters. The van der Waals surface area contributed by atoms with Crippen LogP contribution in [-0.2, 0) is 6.42 Å². The van der Waals surface area contributed by atoms with Gasteiger partial charge in [0.25, 0.3) is 0 Å². The molecule has 0 aliphatic rings. The molecule has 0 atom stereocenters. The highest BCUT2D eigenvalue weighted by atomic mass is 32.2. The zero-order valence-electron chi connectivity index (χ0n) is 8.78. The van der Waals surface area contributed by atoms with E-state index < -0.39 is 0 Å². The summed E-state index contributed by atoms with van der Waals surface area (Å²) in [6.45, 7) is 2.20. The largest absolute Gasteiger partial charge is 0.158 e. The fraction of sp³-hybridized carbons (Fsp3) is 0.385. The lowest BCUT2D eigenvalue weighted by Gasteiger charge is -1.96. The van der Waals surface area contributed by atoms with Crippen LogP contribution in [0.15, 0.2) is 42.5 Å². The van der Waals surface area contributed by atoms with Crippen molar-refractivity contribution in [1.29, 1.82) is 0 Å². The first-order chi connectivity index (χ1) is 6.93. The van der Waals surface area contributed by atoms with Gasteiger partial charge in [0.1, 0.15) is 0 Å². The van der Waals surface area contributed by atoms with Crippen molar-refractivity contribution < 1.29 is 0 Å². The average Bonchev–Trinajstić information content (AvgIpc) is 2.25. The minimum Gasteiger partial charge on any atom is -0.158 e. The van der Waals surface area contributed by atoms with E-state index in [1.807, 2.05) is 11.8 Å². The maximum atomic E-state index is 2.29. The molecule has 76 valence electrons. The molecule has 0 bridgehead atoms. The normalized spacial score (nSPS) is 10.9. The van der Waals surface area contributed by atoms with Crippen molar-refractivity contribution in [1.82, 2.24) is 0 Å². The molecule has 0 aromatic heterocycles. The molecule has 0 N–H and O–H groups in total. The van der Waals surface area contributed by atoms with Crippen LogP contribution in [0.2, 0.25) is 0 Å². The van der Waals surface area contributed by atoms with Gasteiger partial charge in [-0.05, 0) is 24.2 Å². The third kappa shape index (κ3) is 5.13. The van der Waals surface area contributed by atoms with E-state index in [2.05, 4.69) is 49.4 Å². The van der Waals surface area contributed by atoms with Crippen molar-refractivity contribution in [3.05, 3.63) is 48.0 Å². The van der Waals surface area contributed by atoms with E-state index in [1.165, 1.54) is 11.3 Å². The van der Waals surface area contributed by atoms with E-state index in [0.717, 1.165) is 18.6 Å². The van der Waals surface area contributed by atoms with Gasteiger partial charge in [-0.2, -0.15) is 11.8 Å². The maximum absolute atomic E-state index is 2.29. The van der Waals surface area contributed by atoms with Crippen molar-refractivity contribution in [3.63, 3.8) is 0 Å². The Labute approximate surface area is 91.4 Å². The Kier molecular flexibility index (Phi) is 6.25. The topological polar surface area (TPSA) is 0 Å². The second-order valence-electron chi connectivity index (χ2n) is 3.16. The standard InChI is InChI=1S/C13H18S/c1-2-14-12-8-4-7-11-13-9-5-3-6-10-13/h3-6,8-10H,2,7,11-12H2,1H3/b8-4+. The molecule has 0 fully saturated rings. The van der Waals surface area contributed by atoms with Gasteiger partial charge in [0.05, 0.1) is 0 Å². The molecule has 1 aromatic rings. The van der Waals surface area contributed by atoms with Crippen LogP contribution < -0.4 is 0 Å². The van der Waals surface area contributed by atoms with Gasteiger partial charge < -0.3 is 0 Å². The average molecular weight is 206 g/mol. The lowest BCUT2D eigenvalue weighted by molar-refractivity contribution is 1.000. The van der Waals surface area contributed by atoms with E-state index in [-0.39, 0.29) is 0 Å². The van der Waals surface area contributed by atoms with Crippen LogP contribution in [0.3, 0.4) is 0 Å². The molecule has 0 aliphatic carbocycles. The van der Waals surface area contributed by atoms with E-state index in [1.54, 1.807) is 0 Å². The smallest absolute Gasteiger partial charge is 0.0113 e. The highest BCUT2D eigenvalue weighted by Crippen LogP contribution is 2.04. The first-order valence-electron chi connectivity index (χ1n) is 5.20. The second-order valence-corrected chi connectivity index (χ2v) is 4.47. The minimum absolute atomic E-state index is 1.16. The number of benzene rings is 1. The van der Waals surface area contributed by atoms with Crippen molar-refractivity contribution >= 4 is 11.8 Å². The summed E-state index contributed by atoms with van der Waals surface area (Å²) in [5, 5.41) is 0. The van der Waals surface area contributed by atoms with Gasteiger partial charge >= 0.3 is 0 Å². The molecule has 0 nitrogen and oxygen atoms in total. The van der Waals surface area contributed by atoms with Crippen LogP contribution in [0.1, 0.15) is 18.9 Å². The molecule has 0 heterocycles. The molecule has 0 radical (unpaired) electrons. The Morgan fingerprint density at radius 1 is 1.14 bits per heavy atom. The van der Waals surface area contributed by atoms with Crippen molar-refractivity contribution in [2.24, 2.45) is 0 Å². The Bertz CT molecular complexity index is 251. The highest BCUT2D eigenvalue weighted by molar-refractivity contribution is 7.99. The van der Waals surface area contributed by atoms with Crippen molar-refractivity contribution in [3.8, 4) is 0 Å². The predicted molar refractivity (Wildman–Crippen MR) is 66.9 cm³/mol. The highest BCUT2D eigenvalue weighted by Gasteiger charge is 1.87. The molecule has 0 aliphatic heterocycles. The molecular weight excluding hydrogens is 188 g/mol. The summed E-state index contributed by atoms with van der Waals surface area (Å²) in [7, 11) is 0. The summed E-state index contributed by atoms with van der Waals surface area (Å²) >= 11 is 1.97. The molecule has 1 heteroatoms. The van der Waals surface area contributed by atoms with Crippen LogP contribution in [0.25, 0.3) is 0 Å². The molecule has 0 saturated carbocycles. The van der Waals surface area contributed by atoms with Gasteiger partial charge in [-0.25, -0.2) is 0 Å². The van der Waals surface area contributed by atoms with Gasteiger partial charge in [0, 0.05) is 5.75 Å². The fourth-order valence-corrected chi connectivity index (χ4v) is 1.77. The summed E-state index contributed by atoms with van der Waals surface area (Å²) in [6.07, 6.45) is 6.88. The zero-order valence-corrected chi connectivity index (χ0v) is 9.59. The molecule has 1 rings (SSSR count). The van der Waals surface area contributed by atoms with Crippen molar-refractivity contribution in [2.75, 3.05) is 11.5 Å². The monoisotopic (exact) mass is 206 g/mol. The Balaban J connectivity index is 2.12. The van der Waals surface area contributed by atoms with Crippen LogP contribution in [-0.4, -0.2) is 11.5 Å². The molecule has 1 aromatic carbocycles. The van der Waals surface area contributed by atoms with Crippen LogP contribution in [0.4, 0.5) is 0 Å². The number of rotatable bonds is 6. The predicted octanol–water partition coefficient (Wildman–Crippen LogP) is 3.93. The van der Waals surface area contributed by atoms with Gasteiger partial charge in [-0.3, -0.25) is 0 Å². The third-order valence-electron chi connectivity index (χ3n) is 2.03. The molecule has 14 heavy (non-hydrogen) atoms. The summed E-state index contributed by atoms with van der Waals surface area (Å²) < 4.78 is 0. The van der Waals surface area contributed by atoms with E-state index in [0.29, 0.717) is 0 Å². The second kappa shape index (κ2) is 7.69. The van der Waals surface area contributed by atoms with E-state index in [9.17, 15) is 0 Å². The lowest BCUT2D eigenvalue weighted by atomic mass is 10.1. The summed E-state index contributed by atoms with van der Waals surface area (Å²) in [6, 6.07) is 10.7. The summed E-state index contributed by atoms with van der Waals surface area (Å²) in [5.41, 5.74) is 1.43. The lowest BCUT2D eigenvalue weighted by Crippen LogP contribution is -1.81. The maximum Gasteiger partial charge on any atom is 0.0113 e. The van der Waals surface area contributed by atoms with Gasteiger partial charge in [0.15, 0.2) is 0 Å². The number of allylic oxidation sites excluding steroid dienone is 1. The summed E-state index contributed by atoms with van der Waals surface area (Å²) in [5.74, 6) is 2.37.